The molecule has 0 saturated carbocycles. The van der Waals surface area contributed by atoms with E-state index in [1.165, 1.54) is 22.3 Å². The number of hydrogen-bond donors (Lipinski definition) is 0. The van der Waals surface area contributed by atoms with Crippen molar-refractivity contribution >= 4 is 0 Å². The first-order valence-electron chi connectivity index (χ1n) is 6.08. The lowest BCUT2D eigenvalue weighted by molar-refractivity contribution is 0.284. The molecule has 0 aromatic heterocycles. The molecule has 0 aliphatic rings. The van der Waals surface area contributed by atoms with Crippen LogP contribution >= 0.6 is 0 Å². The Morgan fingerprint density at radius 2 is 1.71 bits per heavy atom. The van der Waals surface area contributed by atoms with Crippen LogP contribution in [0.25, 0.3) is 0 Å². The number of benzene rings is 1. The molecule has 0 spiro atoms. The largest absolute Gasteiger partial charge is 0.302 e. The van der Waals surface area contributed by atoms with Crippen LogP contribution < -0.4 is 0 Å². The molecular formula is C15H22N2. The number of nitriles is 1. The monoisotopic (exact) mass is 230 g/mol. The summed E-state index contributed by atoms with van der Waals surface area (Å²) in [4.78, 5) is 2.21. The summed E-state index contributed by atoms with van der Waals surface area (Å²) in [6.45, 7) is 6.46. The van der Waals surface area contributed by atoms with Crippen molar-refractivity contribution in [2.24, 2.45) is 0 Å². The van der Waals surface area contributed by atoms with Crippen LogP contribution in [0.15, 0.2) is 12.1 Å². The van der Waals surface area contributed by atoms with Crippen LogP contribution in [0.4, 0.5) is 0 Å². The summed E-state index contributed by atoms with van der Waals surface area (Å²) in [5.74, 6) is 0. The van der Waals surface area contributed by atoms with E-state index < -0.39 is 0 Å². The Labute approximate surface area is 105 Å². The minimum atomic E-state index is 0.343. The Balaban J connectivity index is 3.14. The molecule has 0 bridgehead atoms. The van der Waals surface area contributed by atoms with Crippen LogP contribution in [0.3, 0.4) is 0 Å². The van der Waals surface area contributed by atoms with Crippen molar-refractivity contribution in [2.75, 3.05) is 14.1 Å². The predicted molar refractivity (Wildman–Crippen MR) is 71.9 cm³/mol. The van der Waals surface area contributed by atoms with E-state index in [9.17, 15) is 0 Å². The molecule has 0 aliphatic heterocycles. The minimum absolute atomic E-state index is 0.343. The van der Waals surface area contributed by atoms with Crippen molar-refractivity contribution in [2.45, 2.75) is 39.7 Å². The van der Waals surface area contributed by atoms with E-state index in [1.54, 1.807) is 0 Å². The third-order valence-electron chi connectivity index (χ3n) is 3.22. The van der Waals surface area contributed by atoms with Gasteiger partial charge in [0.15, 0.2) is 0 Å². The highest BCUT2D eigenvalue weighted by Crippen LogP contribution is 2.30. The Hall–Kier alpha value is -1.33. The molecule has 1 rings (SSSR count). The molecule has 92 valence electrons. The number of aryl methyl sites for hydroxylation is 3. The van der Waals surface area contributed by atoms with Crippen LogP contribution in [-0.4, -0.2) is 19.0 Å². The van der Waals surface area contributed by atoms with Crippen LogP contribution in [-0.2, 0) is 0 Å². The fourth-order valence-electron chi connectivity index (χ4n) is 2.58. The third-order valence-corrected chi connectivity index (χ3v) is 3.22. The SMILES string of the molecule is Cc1cc(C)c(C(CCC#N)N(C)C)c(C)c1. The fourth-order valence-corrected chi connectivity index (χ4v) is 2.58. The molecule has 0 heterocycles. The van der Waals surface area contributed by atoms with E-state index in [0.717, 1.165) is 6.42 Å². The van der Waals surface area contributed by atoms with Gasteiger partial charge >= 0.3 is 0 Å². The summed E-state index contributed by atoms with van der Waals surface area (Å²) >= 11 is 0. The summed E-state index contributed by atoms with van der Waals surface area (Å²) in [7, 11) is 4.17. The molecule has 0 aliphatic carbocycles. The number of hydrogen-bond acceptors (Lipinski definition) is 2. The molecule has 17 heavy (non-hydrogen) atoms. The predicted octanol–water partition coefficient (Wildman–Crippen LogP) is 3.52. The second kappa shape index (κ2) is 5.84. The van der Waals surface area contributed by atoms with Gasteiger partial charge in [0.2, 0.25) is 0 Å². The molecule has 1 aromatic rings. The molecule has 0 N–H and O–H groups in total. The van der Waals surface area contributed by atoms with Crippen LogP contribution in [0, 0.1) is 32.1 Å². The average Bonchev–Trinajstić information content (AvgIpc) is 2.20. The Kier molecular flexibility index (Phi) is 4.72. The minimum Gasteiger partial charge on any atom is -0.302 e. The average molecular weight is 230 g/mol. The molecule has 1 aromatic carbocycles. The standard InChI is InChI=1S/C15H22N2/c1-11-9-12(2)15(13(3)10-11)14(17(4)5)7-6-8-16/h9-10,14H,6-7H2,1-5H3. The van der Waals surface area contributed by atoms with Gasteiger partial charge in [-0.05, 0) is 58.0 Å². The van der Waals surface area contributed by atoms with Crippen molar-refractivity contribution in [3.05, 3.63) is 34.4 Å². The highest BCUT2D eigenvalue weighted by Gasteiger charge is 2.18. The number of nitrogens with zero attached hydrogens (tertiary/aromatic N) is 2. The lowest BCUT2D eigenvalue weighted by atomic mass is 9.91. The molecule has 0 fully saturated rings. The van der Waals surface area contributed by atoms with Crippen molar-refractivity contribution < 1.29 is 0 Å². The van der Waals surface area contributed by atoms with Crippen LogP contribution in [0.5, 0.6) is 0 Å². The quantitative estimate of drug-likeness (QED) is 0.791. The smallest absolute Gasteiger partial charge is 0.0622 e. The summed E-state index contributed by atoms with van der Waals surface area (Å²) in [5, 5.41) is 8.76. The topological polar surface area (TPSA) is 27.0 Å². The van der Waals surface area contributed by atoms with E-state index in [4.69, 9.17) is 5.26 Å². The highest BCUT2D eigenvalue weighted by molar-refractivity contribution is 5.39. The van der Waals surface area contributed by atoms with Gasteiger partial charge in [-0.15, -0.1) is 0 Å². The lowest BCUT2D eigenvalue weighted by Gasteiger charge is -2.27. The van der Waals surface area contributed by atoms with Gasteiger partial charge in [0.25, 0.3) is 0 Å². The maximum absolute atomic E-state index is 8.76. The van der Waals surface area contributed by atoms with Crippen LogP contribution in [0.1, 0.15) is 41.1 Å². The van der Waals surface area contributed by atoms with Crippen LogP contribution in [0.2, 0.25) is 0 Å². The normalized spacial score (nSPS) is 12.5. The molecule has 0 amide bonds. The maximum atomic E-state index is 8.76. The fraction of sp³-hybridized carbons (Fsp3) is 0.533. The number of rotatable bonds is 4. The zero-order valence-electron chi connectivity index (χ0n) is 11.5. The second-order valence-electron chi connectivity index (χ2n) is 4.99. The first-order valence-corrected chi connectivity index (χ1v) is 6.08. The zero-order valence-corrected chi connectivity index (χ0v) is 11.5. The molecule has 2 nitrogen and oxygen atoms in total. The molecule has 1 unspecified atom stereocenters. The van der Waals surface area contributed by atoms with Gasteiger partial charge in [-0.2, -0.15) is 5.26 Å². The summed E-state index contributed by atoms with van der Waals surface area (Å²) in [5.41, 5.74) is 5.36. The van der Waals surface area contributed by atoms with Gasteiger partial charge in [-0.1, -0.05) is 17.7 Å². The first kappa shape index (κ1) is 13.7. The Morgan fingerprint density at radius 3 is 2.12 bits per heavy atom. The van der Waals surface area contributed by atoms with E-state index in [0.29, 0.717) is 12.5 Å². The lowest BCUT2D eigenvalue weighted by Crippen LogP contribution is -2.21. The molecular weight excluding hydrogens is 208 g/mol. The van der Waals surface area contributed by atoms with E-state index >= 15 is 0 Å². The van der Waals surface area contributed by atoms with E-state index in [-0.39, 0.29) is 0 Å². The highest BCUT2D eigenvalue weighted by atomic mass is 15.1. The summed E-state index contributed by atoms with van der Waals surface area (Å²) < 4.78 is 0. The van der Waals surface area contributed by atoms with Crippen molar-refractivity contribution in [1.82, 2.24) is 4.90 Å². The van der Waals surface area contributed by atoms with Gasteiger partial charge in [0, 0.05) is 12.5 Å². The van der Waals surface area contributed by atoms with Crippen molar-refractivity contribution in [3.63, 3.8) is 0 Å². The van der Waals surface area contributed by atoms with Crippen molar-refractivity contribution in [1.29, 1.82) is 5.26 Å². The molecule has 0 radical (unpaired) electrons. The Morgan fingerprint density at radius 1 is 1.18 bits per heavy atom. The summed E-state index contributed by atoms with van der Waals surface area (Å²) in [6.07, 6.45) is 1.50. The Bertz CT molecular complexity index is 404. The van der Waals surface area contributed by atoms with Gasteiger partial charge < -0.3 is 4.90 Å². The van der Waals surface area contributed by atoms with Gasteiger partial charge in [-0.25, -0.2) is 0 Å². The molecule has 2 heteroatoms. The first-order chi connectivity index (χ1) is 7.97. The van der Waals surface area contributed by atoms with E-state index in [2.05, 4.69) is 58.0 Å². The zero-order chi connectivity index (χ0) is 13.0. The van der Waals surface area contributed by atoms with E-state index in [1.807, 2.05) is 0 Å². The maximum Gasteiger partial charge on any atom is 0.0622 e. The van der Waals surface area contributed by atoms with Gasteiger partial charge in [-0.3, -0.25) is 0 Å². The molecule has 0 saturated heterocycles. The summed E-state index contributed by atoms with van der Waals surface area (Å²) in [6, 6.07) is 7.04. The third kappa shape index (κ3) is 3.31. The molecule has 1 atom stereocenters. The van der Waals surface area contributed by atoms with Crippen molar-refractivity contribution in [3.8, 4) is 6.07 Å². The van der Waals surface area contributed by atoms with Gasteiger partial charge in [0.1, 0.15) is 0 Å². The second-order valence-corrected chi connectivity index (χ2v) is 4.99. The van der Waals surface area contributed by atoms with Gasteiger partial charge in [0.05, 0.1) is 6.07 Å².